The summed E-state index contributed by atoms with van der Waals surface area (Å²) in [6, 6.07) is -0.713. The van der Waals surface area contributed by atoms with E-state index in [0.717, 1.165) is 0 Å². The first-order valence-corrected chi connectivity index (χ1v) is 4.58. The monoisotopic (exact) mass is 240 g/mol. The smallest absolute Gasteiger partial charge is 0.471 e. The minimum absolute atomic E-state index is 0.0544. The van der Waals surface area contributed by atoms with Crippen molar-refractivity contribution in [3.63, 3.8) is 0 Å². The lowest BCUT2D eigenvalue weighted by Crippen LogP contribution is -2.54. The molecule has 1 amide bonds. The molecule has 1 rings (SSSR count). The van der Waals surface area contributed by atoms with E-state index in [1.807, 2.05) is 0 Å². The molecule has 0 aromatic heterocycles. The van der Waals surface area contributed by atoms with Crippen LogP contribution in [0.15, 0.2) is 0 Å². The summed E-state index contributed by atoms with van der Waals surface area (Å²) >= 11 is 0. The van der Waals surface area contributed by atoms with Crippen LogP contribution >= 0.6 is 0 Å². The van der Waals surface area contributed by atoms with Crippen molar-refractivity contribution in [2.24, 2.45) is 11.7 Å². The van der Waals surface area contributed by atoms with Gasteiger partial charge in [-0.1, -0.05) is 0 Å². The minimum atomic E-state index is -4.97. The van der Waals surface area contributed by atoms with Crippen LogP contribution in [0.5, 0.6) is 0 Å². The molecule has 0 spiro atoms. The second-order valence-corrected chi connectivity index (χ2v) is 3.65. The van der Waals surface area contributed by atoms with E-state index in [2.05, 4.69) is 0 Å². The number of piperidine rings is 1. The zero-order valence-corrected chi connectivity index (χ0v) is 8.20. The predicted molar refractivity (Wildman–Crippen MR) is 46.4 cm³/mol. The number of rotatable bonds is 1. The number of amides is 1. The molecule has 1 fully saturated rings. The van der Waals surface area contributed by atoms with E-state index in [9.17, 15) is 22.8 Å². The van der Waals surface area contributed by atoms with E-state index in [4.69, 9.17) is 10.8 Å². The van der Waals surface area contributed by atoms with Gasteiger partial charge in [0, 0.05) is 19.1 Å². The first kappa shape index (κ1) is 12.8. The van der Waals surface area contributed by atoms with Crippen molar-refractivity contribution in [3.8, 4) is 0 Å². The molecule has 0 aromatic carbocycles. The van der Waals surface area contributed by atoms with Crippen molar-refractivity contribution >= 4 is 11.9 Å². The van der Waals surface area contributed by atoms with E-state index in [-0.39, 0.29) is 13.0 Å². The number of aliphatic carboxylic acids is 1. The highest BCUT2D eigenvalue weighted by Gasteiger charge is 2.45. The Morgan fingerprint density at radius 3 is 2.38 bits per heavy atom. The van der Waals surface area contributed by atoms with Gasteiger partial charge in [-0.05, 0) is 6.42 Å². The number of carboxylic acid groups (broad SMARTS) is 1. The van der Waals surface area contributed by atoms with Gasteiger partial charge >= 0.3 is 18.1 Å². The van der Waals surface area contributed by atoms with Gasteiger partial charge in [-0.3, -0.25) is 9.59 Å². The standard InChI is InChI=1S/C8H11F3N2O3/c9-8(10,11)7(16)13-2-1-5(12)4(3-13)6(14)15/h4-5H,1-3,12H2,(H,14,15)/t4-,5+/m1/s1. The molecule has 1 aliphatic rings. The number of hydrogen-bond donors (Lipinski definition) is 2. The van der Waals surface area contributed by atoms with Gasteiger partial charge in [-0.2, -0.15) is 13.2 Å². The zero-order chi connectivity index (χ0) is 12.5. The summed E-state index contributed by atoms with van der Waals surface area (Å²) in [5.41, 5.74) is 5.45. The van der Waals surface area contributed by atoms with Crippen molar-refractivity contribution < 1.29 is 27.9 Å². The summed E-state index contributed by atoms with van der Waals surface area (Å²) in [6.07, 6.45) is -4.91. The van der Waals surface area contributed by atoms with Crippen molar-refractivity contribution in [1.82, 2.24) is 4.90 Å². The molecule has 1 heterocycles. The summed E-state index contributed by atoms with van der Waals surface area (Å²) < 4.78 is 36.3. The quantitative estimate of drug-likeness (QED) is 0.665. The van der Waals surface area contributed by atoms with E-state index in [0.29, 0.717) is 4.90 Å². The van der Waals surface area contributed by atoms with E-state index >= 15 is 0 Å². The fourth-order valence-electron chi connectivity index (χ4n) is 1.60. The Kier molecular flexibility index (Phi) is 3.41. The molecule has 1 saturated heterocycles. The van der Waals surface area contributed by atoms with Gasteiger partial charge in [-0.15, -0.1) is 0 Å². The topological polar surface area (TPSA) is 83.6 Å². The van der Waals surface area contributed by atoms with Gasteiger partial charge < -0.3 is 15.7 Å². The molecule has 3 N–H and O–H groups in total. The Morgan fingerprint density at radius 2 is 1.94 bits per heavy atom. The van der Waals surface area contributed by atoms with Crippen molar-refractivity contribution in [1.29, 1.82) is 0 Å². The highest BCUT2D eigenvalue weighted by molar-refractivity contribution is 5.83. The van der Waals surface area contributed by atoms with Crippen LogP contribution in [0.2, 0.25) is 0 Å². The molecule has 0 radical (unpaired) electrons. The SMILES string of the molecule is N[C@H]1CCN(C(=O)C(F)(F)F)C[C@H]1C(=O)O. The van der Waals surface area contributed by atoms with Gasteiger partial charge in [-0.25, -0.2) is 0 Å². The molecule has 5 nitrogen and oxygen atoms in total. The highest BCUT2D eigenvalue weighted by Crippen LogP contribution is 2.23. The number of nitrogens with zero attached hydrogens (tertiary/aromatic N) is 1. The molecular formula is C8H11F3N2O3. The van der Waals surface area contributed by atoms with Crippen LogP contribution in [0.4, 0.5) is 13.2 Å². The maximum Gasteiger partial charge on any atom is 0.471 e. The van der Waals surface area contributed by atoms with Crippen LogP contribution < -0.4 is 5.73 Å². The average Bonchev–Trinajstić information content (AvgIpc) is 2.15. The number of hydrogen-bond acceptors (Lipinski definition) is 3. The van der Waals surface area contributed by atoms with E-state index in [1.54, 1.807) is 0 Å². The zero-order valence-electron chi connectivity index (χ0n) is 8.20. The number of carbonyl (C=O) groups excluding carboxylic acids is 1. The number of nitrogens with two attached hydrogens (primary N) is 1. The summed E-state index contributed by atoms with van der Waals surface area (Å²) in [5.74, 6) is -4.43. The Bertz CT molecular complexity index is 305. The summed E-state index contributed by atoms with van der Waals surface area (Å²) in [7, 11) is 0. The first-order valence-electron chi connectivity index (χ1n) is 4.58. The van der Waals surface area contributed by atoms with Crippen molar-refractivity contribution in [2.45, 2.75) is 18.6 Å². The Labute approximate surface area is 89.0 Å². The third kappa shape index (κ3) is 2.63. The van der Waals surface area contributed by atoms with Gasteiger partial charge in [0.1, 0.15) is 0 Å². The van der Waals surface area contributed by atoms with Crippen LogP contribution in [0.25, 0.3) is 0 Å². The lowest BCUT2D eigenvalue weighted by atomic mass is 9.93. The molecule has 0 aliphatic carbocycles. The molecule has 16 heavy (non-hydrogen) atoms. The van der Waals surface area contributed by atoms with Gasteiger partial charge in [0.25, 0.3) is 0 Å². The number of carboxylic acids is 1. The van der Waals surface area contributed by atoms with Crippen LogP contribution in [0.1, 0.15) is 6.42 Å². The summed E-state index contributed by atoms with van der Waals surface area (Å²) in [5, 5.41) is 8.71. The largest absolute Gasteiger partial charge is 0.481 e. The van der Waals surface area contributed by atoms with Crippen molar-refractivity contribution in [2.75, 3.05) is 13.1 Å². The van der Waals surface area contributed by atoms with Crippen LogP contribution in [-0.4, -0.2) is 47.2 Å². The highest BCUT2D eigenvalue weighted by atomic mass is 19.4. The van der Waals surface area contributed by atoms with Gasteiger partial charge in [0.15, 0.2) is 0 Å². The molecule has 92 valence electrons. The van der Waals surface area contributed by atoms with Gasteiger partial charge in [0.05, 0.1) is 5.92 Å². The lowest BCUT2D eigenvalue weighted by Gasteiger charge is -2.34. The predicted octanol–water partition coefficient (Wildman–Crippen LogP) is -0.191. The third-order valence-corrected chi connectivity index (χ3v) is 2.51. The molecule has 0 saturated carbocycles. The minimum Gasteiger partial charge on any atom is -0.481 e. The maximum absolute atomic E-state index is 12.1. The second kappa shape index (κ2) is 4.28. The molecule has 1 aliphatic heterocycles. The normalized spacial score (nSPS) is 26.6. The summed E-state index contributed by atoms with van der Waals surface area (Å²) in [4.78, 5) is 22.0. The Balaban J connectivity index is 2.73. The van der Waals surface area contributed by atoms with Gasteiger partial charge in [0.2, 0.25) is 0 Å². The molecule has 0 aromatic rings. The van der Waals surface area contributed by atoms with Crippen LogP contribution in [-0.2, 0) is 9.59 Å². The average molecular weight is 240 g/mol. The van der Waals surface area contributed by atoms with Crippen LogP contribution in [0.3, 0.4) is 0 Å². The first-order chi connectivity index (χ1) is 7.23. The Hall–Kier alpha value is -1.31. The second-order valence-electron chi connectivity index (χ2n) is 3.65. The van der Waals surface area contributed by atoms with Crippen LogP contribution in [0, 0.1) is 5.92 Å². The fraction of sp³-hybridized carbons (Fsp3) is 0.750. The molecule has 0 bridgehead atoms. The number of halogens is 3. The Morgan fingerprint density at radius 1 is 1.38 bits per heavy atom. The molecular weight excluding hydrogens is 229 g/mol. The number of carbonyl (C=O) groups is 2. The number of likely N-dealkylation sites (tertiary alicyclic amines) is 1. The molecule has 0 unspecified atom stereocenters. The summed E-state index contributed by atoms with van der Waals surface area (Å²) in [6.45, 7) is -0.655. The fourth-order valence-corrected chi connectivity index (χ4v) is 1.60. The van der Waals surface area contributed by atoms with E-state index in [1.165, 1.54) is 0 Å². The molecule has 2 atom stereocenters. The number of alkyl halides is 3. The lowest BCUT2D eigenvalue weighted by molar-refractivity contribution is -0.188. The third-order valence-electron chi connectivity index (χ3n) is 2.51. The molecule has 8 heteroatoms. The maximum atomic E-state index is 12.1. The van der Waals surface area contributed by atoms with Crippen molar-refractivity contribution in [3.05, 3.63) is 0 Å². The van der Waals surface area contributed by atoms with E-state index < -0.39 is 36.6 Å².